The second-order valence-electron chi connectivity index (χ2n) is 8.65. The molecule has 1 aliphatic heterocycles. The summed E-state index contributed by atoms with van der Waals surface area (Å²) in [6.45, 7) is 3.82. The number of piperidine rings is 1. The second-order valence-corrected chi connectivity index (χ2v) is 9.59. The zero-order chi connectivity index (χ0) is 24.5. The Labute approximate surface area is 211 Å². The van der Waals surface area contributed by atoms with E-state index in [-0.39, 0.29) is 5.91 Å². The van der Waals surface area contributed by atoms with E-state index in [1.807, 2.05) is 24.3 Å². The van der Waals surface area contributed by atoms with Gasteiger partial charge in [0.15, 0.2) is 16.7 Å². The summed E-state index contributed by atoms with van der Waals surface area (Å²) in [6.07, 6.45) is 5.84. The Hall–Kier alpha value is -3.10. The highest BCUT2D eigenvalue weighted by molar-refractivity contribution is 7.99. The molecule has 1 N–H and O–H groups in total. The van der Waals surface area contributed by atoms with Crippen LogP contribution in [0.15, 0.2) is 66.1 Å². The number of rotatable bonds is 10. The number of aromatic nitrogens is 2. The average molecular weight is 493 g/mol. The lowest BCUT2D eigenvalue weighted by Crippen LogP contribution is -2.40. The van der Waals surface area contributed by atoms with E-state index in [0.29, 0.717) is 34.9 Å². The van der Waals surface area contributed by atoms with E-state index in [2.05, 4.69) is 44.5 Å². The van der Waals surface area contributed by atoms with Crippen LogP contribution < -0.4 is 14.8 Å². The van der Waals surface area contributed by atoms with Crippen LogP contribution in [-0.2, 0) is 11.3 Å². The van der Waals surface area contributed by atoms with E-state index in [0.717, 1.165) is 37.2 Å². The molecule has 0 aliphatic carbocycles. The second kappa shape index (κ2) is 12.6. The summed E-state index contributed by atoms with van der Waals surface area (Å²) in [5.74, 6) is 2.13. The van der Waals surface area contributed by atoms with Crippen LogP contribution in [0.25, 0.3) is 11.1 Å². The van der Waals surface area contributed by atoms with Gasteiger partial charge in [-0.25, -0.2) is 9.97 Å². The molecule has 184 valence electrons. The quantitative estimate of drug-likeness (QED) is 0.334. The molecule has 0 radical (unpaired) electrons. The third-order valence-electron chi connectivity index (χ3n) is 6.12. The zero-order valence-corrected chi connectivity index (χ0v) is 21.1. The summed E-state index contributed by atoms with van der Waals surface area (Å²) in [5.41, 5.74) is 3.15. The molecule has 0 saturated carbocycles. The zero-order valence-electron chi connectivity index (χ0n) is 20.3. The Morgan fingerprint density at radius 3 is 2.57 bits per heavy atom. The molecule has 1 aliphatic rings. The first kappa shape index (κ1) is 25.0. The van der Waals surface area contributed by atoms with E-state index in [1.165, 1.54) is 23.7 Å². The van der Waals surface area contributed by atoms with Crippen molar-refractivity contribution in [3.63, 3.8) is 0 Å². The first-order valence-electron chi connectivity index (χ1n) is 11.8. The van der Waals surface area contributed by atoms with Crippen molar-refractivity contribution < 1.29 is 14.3 Å². The summed E-state index contributed by atoms with van der Waals surface area (Å²) in [5, 5.41) is 3.68. The van der Waals surface area contributed by atoms with Crippen LogP contribution in [0.3, 0.4) is 0 Å². The number of hydrogen-bond acceptors (Lipinski definition) is 7. The third-order valence-corrected chi connectivity index (χ3v) is 6.99. The Morgan fingerprint density at radius 1 is 1.06 bits per heavy atom. The van der Waals surface area contributed by atoms with Gasteiger partial charge >= 0.3 is 0 Å². The van der Waals surface area contributed by atoms with Crippen molar-refractivity contribution in [3.05, 3.63) is 66.5 Å². The van der Waals surface area contributed by atoms with Gasteiger partial charge in [0.25, 0.3) is 0 Å². The maximum absolute atomic E-state index is 12.4. The number of ether oxygens (including phenoxy) is 2. The minimum Gasteiger partial charge on any atom is -0.493 e. The van der Waals surface area contributed by atoms with Gasteiger partial charge in [-0.2, -0.15) is 0 Å². The Bertz CT molecular complexity index is 1100. The van der Waals surface area contributed by atoms with E-state index < -0.39 is 0 Å². The number of carbonyl (C=O) groups excluding carboxylic acids is 1. The minimum atomic E-state index is 0.0164. The summed E-state index contributed by atoms with van der Waals surface area (Å²) >= 11 is 1.35. The van der Waals surface area contributed by atoms with Crippen molar-refractivity contribution >= 4 is 17.7 Å². The summed E-state index contributed by atoms with van der Waals surface area (Å²) < 4.78 is 10.7. The van der Waals surface area contributed by atoms with Crippen molar-refractivity contribution in [2.45, 2.75) is 24.5 Å². The number of thioether (sulfide) groups is 1. The molecule has 2 heterocycles. The predicted octanol–water partition coefficient (Wildman–Crippen LogP) is 4.28. The number of carbonyl (C=O) groups is 1. The molecule has 1 aromatic heterocycles. The van der Waals surface area contributed by atoms with Crippen LogP contribution in [-0.4, -0.2) is 60.4 Å². The van der Waals surface area contributed by atoms with E-state index in [4.69, 9.17) is 9.47 Å². The van der Waals surface area contributed by atoms with Gasteiger partial charge in [0, 0.05) is 37.6 Å². The standard InChI is InChI=1S/C27H32N4O3S/c1-33-24-11-10-22(13-25(24)34-2)23-15-29-27(30-16-23)35-19-26(32)28-14-21-9-6-12-31(18-21)17-20-7-4-3-5-8-20/h3-5,7-8,10-11,13,15-16,21H,6,9,12,14,17-19H2,1-2H3,(H,28,32). The Kier molecular flexibility index (Phi) is 8.97. The first-order valence-corrected chi connectivity index (χ1v) is 12.8. The lowest BCUT2D eigenvalue weighted by atomic mass is 9.97. The number of hydrogen-bond donors (Lipinski definition) is 1. The molecule has 1 atom stereocenters. The number of benzene rings is 2. The number of amides is 1. The van der Waals surface area contributed by atoms with Gasteiger partial charge in [0.1, 0.15) is 0 Å². The predicted molar refractivity (Wildman–Crippen MR) is 139 cm³/mol. The lowest BCUT2D eigenvalue weighted by Gasteiger charge is -2.32. The molecule has 1 unspecified atom stereocenters. The van der Waals surface area contributed by atoms with Gasteiger partial charge in [-0.3, -0.25) is 9.69 Å². The van der Waals surface area contributed by atoms with Gasteiger partial charge in [-0.05, 0) is 48.6 Å². The number of nitrogens with zero attached hydrogens (tertiary/aromatic N) is 3. The van der Waals surface area contributed by atoms with Crippen LogP contribution in [0, 0.1) is 5.92 Å². The molecule has 1 saturated heterocycles. The van der Waals surface area contributed by atoms with Crippen molar-refractivity contribution in [2.24, 2.45) is 5.92 Å². The monoisotopic (exact) mass is 492 g/mol. The highest BCUT2D eigenvalue weighted by Crippen LogP contribution is 2.32. The van der Waals surface area contributed by atoms with Gasteiger partial charge in [0.05, 0.1) is 20.0 Å². The summed E-state index contributed by atoms with van der Waals surface area (Å²) in [4.78, 5) is 23.7. The largest absolute Gasteiger partial charge is 0.493 e. The summed E-state index contributed by atoms with van der Waals surface area (Å²) in [6, 6.07) is 16.2. The maximum Gasteiger partial charge on any atom is 0.230 e. The van der Waals surface area contributed by atoms with Crippen molar-refractivity contribution in [3.8, 4) is 22.6 Å². The molecule has 0 bridgehead atoms. The number of methoxy groups -OCH3 is 2. The van der Waals surface area contributed by atoms with Gasteiger partial charge in [-0.15, -0.1) is 0 Å². The molecule has 1 amide bonds. The summed E-state index contributed by atoms with van der Waals surface area (Å²) in [7, 11) is 3.22. The molecule has 3 aromatic rings. The van der Waals surface area contributed by atoms with Crippen molar-refractivity contribution in [2.75, 3.05) is 39.6 Å². The lowest BCUT2D eigenvalue weighted by molar-refractivity contribution is -0.118. The highest BCUT2D eigenvalue weighted by Gasteiger charge is 2.20. The third kappa shape index (κ3) is 7.19. The molecule has 1 fully saturated rings. The maximum atomic E-state index is 12.4. The normalized spacial score (nSPS) is 16.0. The smallest absolute Gasteiger partial charge is 0.230 e. The van der Waals surface area contributed by atoms with Gasteiger partial charge < -0.3 is 14.8 Å². The van der Waals surface area contributed by atoms with Crippen LogP contribution in [0.4, 0.5) is 0 Å². The SMILES string of the molecule is COc1ccc(-c2cnc(SCC(=O)NCC3CCCN(Cc4ccccc4)C3)nc2)cc1OC. The fraction of sp³-hybridized carbons (Fsp3) is 0.370. The van der Waals surface area contributed by atoms with Gasteiger partial charge in [-0.1, -0.05) is 48.2 Å². The van der Waals surface area contributed by atoms with Crippen LogP contribution >= 0.6 is 11.8 Å². The van der Waals surface area contributed by atoms with Crippen molar-refractivity contribution in [1.82, 2.24) is 20.2 Å². The highest BCUT2D eigenvalue weighted by atomic mass is 32.2. The molecule has 7 nitrogen and oxygen atoms in total. The van der Waals surface area contributed by atoms with E-state index >= 15 is 0 Å². The Balaban J connectivity index is 1.22. The molecule has 4 rings (SSSR count). The molecular weight excluding hydrogens is 460 g/mol. The van der Waals surface area contributed by atoms with E-state index in [1.54, 1.807) is 26.6 Å². The molecule has 0 spiro atoms. The Morgan fingerprint density at radius 2 is 1.83 bits per heavy atom. The fourth-order valence-electron chi connectivity index (χ4n) is 4.30. The molecule has 35 heavy (non-hydrogen) atoms. The van der Waals surface area contributed by atoms with E-state index in [9.17, 15) is 4.79 Å². The number of likely N-dealkylation sites (tertiary alicyclic amines) is 1. The first-order chi connectivity index (χ1) is 17.1. The van der Waals surface area contributed by atoms with Crippen LogP contribution in [0.2, 0.25) is 0 Å². The van der Waals surface area contributed by atoms with Crippen molar-refractivity contribution in [1.29, 1.82) is 0 Å². The van der Waals surface area contributed by atoms with Crippen LogP contribution in [0.1, 0.15) is 18.4 Å². The topological polar surface area (TPSA) is 76.6 Å². The van der Waals surface area contributed by atoms with Gasteiger partial charge in [0.2, 0.25) is 5.91 Å². The fourth-order valence-corrected chi connectivity index (χ4v) is 4.91. The molecule has 2 aromatic carbocycles. The number of nitrogens with one attached hydrogen (secondary N) is 1. The van der Waals surface area contributed by atoms with Crippen LogP contribution in [0.5, 0.6) is 11.5 Å². The minimum absolute atomic E-state index is 0.0164. The molecular formula is C27H32N4O3S. The molecule has 8 heteroatoms. The average Bonchev–Trinajstić information content (AvgIpc) is 2.91.